The molecule has 0 atom stereocenters. The van der Waals surface area contributed by atoms with Crippen LogP contribution < -0.4 is 0 Å². The number of rotatable bonds is 18. The molecule has 21 heavy (non-hydrogen) atoms. The lowest BCUT2D eigenvalue weighted by atomic mass is 10.0. The van der Waals surface area contributed by atoms with Crippen LogP contribution in [0.15, 0.2) is 0 Å². The highest BCUT2D eigenvalue weighted by atomic mass is 27.0. The number of hydrogen-bond acceptors (Lipinski definition) is 0. The molecular weight excluding hydrogens is 267 g/mol. The van der Waals surface area contributed by atoms with Gasteiger partial charge in [-0.25, -0.2) is 0 Å². The third-order valence-corrected chi connectivity index (χ3v) is 4.97. The molecule has 2 radical (unpaired) electrons. The Kier molecular flexibility index (Phi) is 21.1. The van der Waals surface area contributed by atoms with Gasteiger partial charge < -0.3 is 0 Å². The molecule has 0 aromatic rings. The molecule has 0 heterocycles. The van der Waals surface area contributed by atoms with E-state index in [1.807, 2.05) is 0 Å². The summed E-state index contributed by atoms with van der Waals surface area (Å²) in [6.45, 7) is 2.30. The van der Waals surface area contributed by atoms with Crippen molar-refractivity contribution < 1.29 is 0 Å². The quantitative estimate of drug-likeness (QED) is 0.180. The summed E-state index contributed by atoms with van der Waals surface area (Å²) in [5.74, 6) is 0. The van der Waals surface area contributed by atoms with E-state index in [0.717, 1.165) is 0 Å². The fourth-order valence-electron chi connectivity index (χ4n) is 3.05. The van der Waals surface area contributed by atoms with Crippen LogP contribution in [0.25, 0.3) is 0 Å². The highest BCUT2D eigenvalue weighted by molar-refractivity contribution is 6.08. The van der Waals surface area contributed by atoms with Crippen molar-refractivity contribution >= 4 is 16.3 Å². The monoisotopic (exact) mass is 308 g/mol. The van der Waals surface area contributed by atoms with Gasteiger partial charge in [0, 0.05) is 0 Å². The molecule has 0 rings (SSSR count). The van der Waals surface area contributed by atoms with Gasteiger partial charge >= 0.3 is 0 Å². The standard InChI is InChI=1S/C20H41.Al/c1-3-5-7-9-11-13-15-17-19-20-18-16-14-12-10-8-6-4-2;/h1,3-20H2,2H3;. The molecule has 124 valence electrons. The lowest BCUT2D eigenvalue weighted by Gasteiger charge is -2.03. The van der Waals surface area contributed by atoms with Gasteiger partial charge in [0.15, 0.2) is 0 Å². The van der Waals surface area contributed by atoms with E-state index in [4.69, 9.17) is 0 Å². The Balaban J connectivity index is 2.90. The largest absolute Gasteiger partial charge is 0.118 e. The molecule has 0 aromatic heterocycles. The topological polar surface area (TPSA) is 0 Å². The fourth-order valence-corrected chi connectivity index (χ4v) is 3.33. The molecular formula is C20H41Al. The lowest BCUT2D eigenvalue weighted by Crippen LogP contribution is -1.84. The van der Waals surface area contributed by atoms with E-state index in [1.54, 1.807) is 0 Å². The maximum Gasteiger partial charge on any atom is 0.118 e. The van der Waals surface area contributed by atoms with Crippen LogP contribution in [-0.4, -0.2) is 16.3 Å². The van der Waals surface area contributed by atoms with Gasteiger partial charge in [0.2, 0.25) is 0 Å². The van der Waals surface area contributed by atoms with E-state index < -0.39 is 0 Å². The Morgan fingerprint density at radius 2 is 0.619 bits per heavy atom. The van der Waals surface area contributed by atoms with E-state index in [2.05, 4.69) is 23.2 Å². The Morgan fingerprint density at radius 3 is 0.857 bits per heavy atom. The van der Waals surface area contributed by atoms with Crippen molar-refractivity contribution in [3.8, 4) is 0 Å². The molecule has 0 saturated heterocycles. The minimum atomic E-state index is 1.29. The fraction of sp³-hybridized carbons (Fsp3) is 1.00. The summed E-state index contributed by atoms with van der Waals surface area (Å²) >= 11 is 2.83. The van der Waals surface area contributed by atoms with Crippen LogP contribution in [-0.2, 0) is 0 Å². The second-order valence-corrected chi connectivity index (χ2v) is 7.38. The van der Waals surface area contributed by atoms with Crippen molar-refractivity contribution in [3.63, 3.8) is 0 Å². The zero-order valence-corrected chi connectivity index (χ0v) is 16.2. The van der Waals surface area contributed by atoms with Gasteiger partial charge in [-0.2, -0.15) is 0 Å². The van der Waals surface area contributed by atoms with Crippen LogP contribution in [0.1, 0.15) is 122 Å². The first-order valence-corrected chi connectivity index (χ1v) is 10.9. The molecule has 0 aliphatic heterocycles. The van der Waals surface area contributed by atoms with Crippen LogP contribution >= 0.6 is 0 Å². The molecule has 0 fully saturated rings. The smallest absolute Gasteiger partial charge is 0.118 e. The van der Waals surface area contributed by atoms with Gasteiger partial charge in [0.1, 0.15) is 16.3 Å². The van der Waals surface area contributed by atoms with Gasteiger partial charge in [-0.05, 0) is 0 Å². The molecule has 0 amide bonds. The van der Waals surface area contributed by atoms with E-state index in [-0.39, 0.29) is 0 Å². The summed E-state index contributed by atoms with van der Waals surface area (Å²) in [6, 6.07) is 0. The SMILES string of the molecule is CCCCCCCCCCCCCCCCCCC[CH2][Al]. The van der Waals surface area contributed by atoms with E-state index >= 15 is 0 Å². The highest BCUT2D eigenvalue weighted by Gasteiger charge is 1.94. The third-order valence-electron chi connectivity index (χ3n) is 4.56. The highest BCUT2D eigenvalue weighted by Crippen LogP contribution is 2.14. The van der Waals surface area contributed by atoms with E-state index in [9.17, 15) is 0 Å². The molecule has 0 bridgehead atoms. The van der Waals surface area contributed by atoms with Gasteiger partial charge in [-0.1, -0.05) is 122 Å². The maximum atomic E-state index is 2.83. The van der Waals surface area contributed by atoms with Crippen LogP contribution in [0.4, 0.5) is 0 Å². The predicted octanol–water partition coefficient (Wildman–Crippen LogP) is 7.61. The Hall–Kier alpha value is 0.532. The number of hydrogen-bond donors (Lipinski definition) is 0. The van der Waals surface area contributed by atoms with Crippen LogP contribution in [0.3, 0.4) is 0 Å². The Bertz CT molecular complexity index is 149. The minimum Gasteiger partial charge on any atom is -0.118 e. The molecule has 0 spiro atoms. The lowest BCUT2D eigenvalue weighted by molar-refractivity contribution is 0.526. The molecule has 0 saturated carbocycles. The van der Waals surface area contributed by atoms with Crippen molar-refractivity contribution in [2.75, 3.05) is 0 Å². The molecule has 0 aliphatic carbocycles. The Morgan fingerprint density at radius 1 is 0.381 bits per heavy atom. The molecule has 0 aromatic carbocycles. The van der Waals surface area contributed by atoms with Crippen molar-refractivity contribution in [1.29, 1.82) is 0 Å². The zero-order valence-electron chi connectivity index (χ0n) is 15.0. The first kappa shape index (κ1) is 21.5. The first-order chi connectivity index (χ1) is 10.4. The zero-order chi connectivity index (χ0) is 15.4. The van der Waals surface area contributed by atoms with Crippen molar-refractivity contribution in [2.24, 2.45) is 0 Å². The average molecular weight is 309 g/mol. The van der Waals surface area contributed by atoms with Crippen LogP contribution in [0, 0.1) is 0 Å². The van der Waals surface area contributed by atoms with Gasteiger partial charge in [-0.3, -0.25) is 0 Å². The van der Waals surface area contributed by atoms with Crippen molar-refractivity contribution in [2.45, 2.75) is 128 Å². The summed E-state index contributed by atoms with van der Waals surface area (Å²) in [7, 11) is 0. The average Bonchev–Trinajstić information content (AvgIpc) is 2.50. The van der Waals surface area contributed by atoms with E-state index in [0.29, 0.717) is 0 Å². The molecule has 0 nitrogen and oxygen atoms in total. The molecule has 0 aliphatic rings. The maximum absolute atomic E-state index is 2.83. The minimum absolute atomic E-state index is 1.29. The molecule has 1 heteroatoms. The summed E-state index contributed by atoms with van der Waals surface area (Å²) in [5.41, 5.74) is 0. The van der Waals surface area contributed by atoms with Crippen molar-refractivity contribution in [1.82, 2.24) is 0 Å². The third kappa shape index (κ3) is 20.5. The first-order valence-electron chi connectivity index (χ1n) is 10.1. The van der Waals surface area contributed by atoms with Gasteiger partial charge in [0.05, 0.1) is 0 Å². The van der Waals surface area contributed by atoms with Gasteiger partial charge in [0.25, 0.3) is 0 Å². The van der Waals surface area contributed by atoms with Crippen LogP contribution in [0.5, 0.6) is 0 Å². The second-order valence-electron chi connectivity index (χ2n) is 6.80. The number of unbranched alkanes of at least 4 members (excludes halogenated alkanes) is 17. The second kappa shape index (κ2) is 20.5. The van der Waals surface area contributed by atoms with Crippen molar-refractivity contribution in [3.05, 3.63) is 0 Å². The van der Waals surface area contributed by atoms with Crippen LogP contribution in [0.2, 0.25) is 5.28 Å². The van der Waals surface area contributed by atoms with E-state index in [1.165, 1.54) is 121 Å². The summed E-state index contributed by atoms with van der Waals surface area (Å²) in [4.78, 5) is 0. The van der Waals surface area contributed by atoms with Gasteiger partial charge in [-0.15, -0.1) is 5.28 Å². The molecule has 0 unspecified atom stereocenters. The predicted molar refractivity (Wildman–Crippen MR) is 99.3 cm³/mol. The summed E-state index contributed by atoms with van der Waals surface area (Å²) < 4.78 is 0. The summed E-state index contributed by atoms with van der Waals surface area (Å²) in [5, 5.41) is 1.29. The summed E-state index contributed by atoms with van der Waals surface area (Å²) in [6.07, 6.45) is 26.4. The normalized spacial score (nSPS) is 11.1. The Labute approximate surface area is 144 Å². The molecule has 0 N–H and O–H groups in total.